The molecule has 0 aromatic heterocycles. The number of nitrogens with one attached hydrogen (secondary N) is 2. The molecule has 2 amide bonds. The Bertz CT molecular complexity index is 1120. The minimum absolute atomic E-state index is 0.0935. The van der Waals surface area contributed by atoms with Crippen molar-refractivity contribution in [3.8, 4) is 6.07 Å². The van der Waals surface area contributed by atoms with E-state index in [2.05, 4.69) is 10.6 Å². The van der Waals surface area contributed by atoms with Crippen LogP contribution in [-0.2, 0) is 16.1 Å². The summed E-state index contributed by atoms with van der Waals surface area (Å²) in [4.78, 5) is 36.9. The largest absolute Gasteiger partial charge is 0.445 e. The van der Waals surface area contributed by atoms with Crippen LogP contribution in [0.4, 0.5) is 10.5 Å². The van der Waals surface area contributed by atoms with E-state index in [1.165, 1.54) is 0 Å². The Labute approximate surface area is 179 Å². The molecule has 0 aliphatic rings. The lowest BCUT2D eigenvalue weighted by atomic mass is 10.0. The minimum atomic E-state index is -0.721. The second-order valence-corrected chi connectivity index (χ2v) is 6.53. The van der Waals surface area contributed by atoms with Gasteiger partial charge >= 0.3 is 6.09 Å². The third-order valence-electron chi connectivity index (χ3n) is 4.33. The number of nitrogens with zero attached hydrogens (tertiary/aromatic N) is 1. The molecule has 0 aliphatic heterocycles. The average Bonchev–Trinajstić information content (AvgIpc) is 2.82. The van der Waals surface area contributed by atoms with Gasteiger partial charge in [-0.15, -0.1) is 0 Å². The molecule has 3 aromatic rings. The third-order valence-corrected chi connectivity index (χ3v) is 4.33. The van der Waals surface area contributed by atoms with Crippen molar-refractivity contribution in [2.45, 2.75) is 6.61 Å². The lowest BCUT2D eigenvalue weighted by molar-refractivity contribution is -0.115. The number of anilines is 1. The number of carbonyl (C=O) groups excluding carboxylic acids is 3. The van der Waals surface area contributed by atoms with Gasteiger partial charge in [-0.25, -0.2) is 4.79 Å². The first kappa shape index (κ1) is 21.3. The van der Waals surface area contributed by atoms with Crippen LogP contribution < -0.4 is 10.6 Å². The fraction of sp³-hybridized carbons (Fsp3) is 0.0833. The highest BCUT2D eigenvalue weighted by Crippen LogP contribution is 2.19. The standard InChI is InChI=1S/C24H19N3O4/c25-14-17-10-12-19(13-11-17)23(29)20-8-4-5-9-21(20)27-22(28)15-26-24(30)31-16-18-6-2-1-3-7-18/h1-13H,15-16H2,(H,26,30)(H,27,28). The van der Waals surface area contributed by atoms with E-state index in [-0.39, 0.29) is 18.9 Å². The quantitative estimate of drug-likeness (QED) is 0.575. The molecule has 0 saturated carbocycles. The molecule has 0 radical (unpaired) electrons. The molecule has 2 N–H and O–H groups in total. The number of ketones is 1. The molecule has 0 unspecified atom stereocenters. The predicted octanol–water partition coefficient (Wildman–Crippen LogP) is 3.65. The molecule has 3 rings (SSSR count). The van der Waals surface area contributed by atoms with Gasteiger partial charge < -0.3 is 15.4 Å². The Hall–Kier alpha value is -4.44. The molecule has 3 aromatic carbocycles. The maximum absolute atomic E-state index is 12.8. The molecule has 0 aliphatic carbocycles. The van der Waals surface area contributed by atoms with Crippen molar-refractivity contribution in [3.63, 3.8) is 0 Å². The lowest BCUT2D eigenvalue weighted by Crippen LogP contribution is -2.33. The molecule has 7 nitrogen and oxygen atoms in total. The number of benzene rings is 3. The minimum Gasteiger partial charge on any atom is -0.445 e. The van der Waals surface area contributed by atoms with Gasteiger partial charge in [0.1, 0.15) is 13.2 Å². The van der Waals surface area contributed by atoms with Crippen LogP contribution in [0.2, 0.25) is 0 Å². The molecule has 0 fully saturated rings. The Morgan fingerprint density at radius 2 is 1.55 bits per heavy atom. The maximum Gasteiger partial charge on any atom is 0.407 e. The van der Waals surface area contributed by atoms with E-state index in [0.29, 0.717) is 22.4 Å². The topological polar surface area (TPSA) is 108 Å². The number of hydrogen-bond donors (Lipinski definition) is 2. The highest BCUT2D eigenvalue weighted by atomic mass is 16.5. The van der Waals surface area contributed by atoms with E-state index in [1.54, 1.807) is 48.5 Å². The zero-order valence-electron chi connectivity index (χ0n) is 16.5. The lowest BCUT2D eigenvalue weighted by Gasteiger charge is -2.11. The molecule has 154 valence electrons. The smallest absolute Gasteiger partial charge is 0.407 e. The summed E-state index contributed by atoms with van der Waals surface area (Å²) in [6, 6.07) is 24.0. The summed E-state index contributed by atoms with van der Waals surface area (Å²) < 4.78 is 5.06. The summed E-state index contributed by atoms with van der Waals surface area (Å²) in [6.45, 7) is -0.219. The van der Waals surface area contributed by atoms with Crippen molar-refractivity contribution in [1.29, 1.82) is 5.26 Å². The molecule has 31 heavy (non-hydrogen) atoms. The zero-order valence-corrected chi connectivity index (χ0v) is 16.5. The van der Waals surface area contributed by atoms with Crippen LogP contribution in [-0.4, -0.2) is 24.3 Å². The van der Waals surface area contributed by atoms with Crippen LogP contribution in [0.5, 0.6) is 0 Å². The monoisotopic (exact) mass is 413 g/mol. The van der Waals surface area contributed by atoms with E-state index in [4.69, 9.17) is 10.00 Å². The van der Waals surface area contributed by atoms with Gasteiger partial charge in [0.2, 0.25) is 5.91 Å². The van der Waals surface area contributed by atoms with Gasteiger partial charge in [-0.2, -0.15) is 5.26 Å². The Morgan fingerprint density at radius 1 is 0.871 bits per heavy atom. The molecule has 0 bridgehead atoms. The van der Waals surface area contributed by atoms with Gasteiger partial charge in [0, 0.05) is 11.1 Å². The van der Waals surface area contributed by atoms with Crippen LogP contribution in [0.3, 0.4) is 0 Å². The number of rotatable bonds is 7. The van der Waals surface area contributed by atoms with E-state index in [9.17, 15) is 14.4 Å². The first-order valence-corrected chi connectivity index (χ1v) is 9.45. The number of hydrogen-bond acceptors (Lipinski definition) is 5. The van der Waals surface area contributed by atoms with Crippen LogP contribution in [0, 0.1) is 11.3 Å². The molecule has 0 heterocycles. The molecular formula is C24H19N3O4. The van der Waals surface area contributed by atoms with Crippen LogP contribution >= 0.6 is 0 Å². The second-order valence-electron chi connectivity index (χ2n) is 6.53. The summed E-state index contributed by atoms with van der Waals surface area (Å²) in [5, 5.41) is 13.9. The number of carbonyl (C=O) groups is 3. The van der Waals surface area contributed by atoms with Crippen molar-refractivity contribution < 1.29 is 19.1 Å². The van der Waals surface area contributed by atoms with E-state index in [0.717, 1.165) is 5.56 Å². The highest BCUT2D eigenvalue weighted by molar-refractivity contribution is 6.14. The third kappa shape index (κ3) is 6.02. The Morgan fingerprint density at radius 3 is 2.26 bits per heavy atom. The number of ether oxygens (including phenoxy) is 1. The van der Waals surface area contributed by atoms with Crippen molar-refractivity contribution in [1.82, 2.24) is 5.32 Å². The number of alkyl carbamates (subject to hydrolysis) is 1. The molecule has 0 spiro atoms. The van der Waals surface area contributed by atoms with Gasteiger partial charge in [-0.05, 0) is 42.0 Å². The van der Waals surface area contributed by atoms with E-state index < -0.39 is 12.0 Å². The van der Waals surface area contributed by atoms with Crippen molar-refractivity contribution in [2.75, 3.05) is 11.9 Å². The van der Waals surface area contributed by atoms with E-state index >= 15 is 0 Å². The van der Waals surface area contributed by atoms with E-state index in [1.807, 2.05) is 36.4 Å². The fourth-order valence-corrected chi connectivity index (χ4v) is 2.76. The maximum atomic E-state index is 12.8. The fourth-order valence-electron chi connectivity index (χ4n) is 2.76. The highest BCUT2D eigenvalue weighted by Gasteiger charge is 2.15. The zero-order chi connectivity index (χ0) is 22.1. The van der Waals surface area contributed by atoms with Crippen molar-refractivity contribution >= 4 is 23.5 Å². The summed E-state index contributed by atoms with van der Waals surface area (Å²) in [5.74, 6) is -0.799. The summed E-state index contributed by atoms with van der Waals surface area (Å²) in [7, 11) is 0. The molecular weight excluding hydrogens is 394 g/mol. The van der Waals surface area contributed by atoms with Gasteiger partial charge in [-0.1, -0.05) is 42.5 Å². The predicted molar refractivity (Wildman–Crippen MR) is 114 cm³/mol. The van der Waals surface area contributed by atoms with Crippen molar-refractivity contribution in [2.24, 2.45) is 0 Å². The summed E-state index contributed by atoms with van der Waals surface area (Å²) >= 11 is 0. The second kappa shape index (κ2) is 10.4. The number of para-hydroxylation sites is 1. The normalized spacial score (nSPS) is 9.90. The van der Waals surface area contributed by atoms with Gasteiger partial charge in [0.25, 0.3) is 0 Å². The van der Waals surface area contributed by atoms with Crippen LogP contribution in [0.1, 0.15) is 27.0 Å². The molecule has 0 atom stereocenters. The van der Waals surface area contributed by atoms with Gasteiger partial charge in [-0.3, -0.25) is 9.59 Å². The SMILES string of the molecule is N#Cc1ccc(C(=O)c2ccccc2NC(=O)CNC(=O)OCc2ccccc2)cc1. The molecule has 0 saturated heterocycles. The number of nitriles is 1. The summed E-state index contributed by atoms with van der Waals surface area (Å²) in [6.07, 6.45) is -0.721. The molecule has 7 heteroatoms. The Balaban J connectivity index is 1.57. The number of amides is 2. The average molecular weight is 413 g/mol. The Kier molecular flexibility index (Phi) is 7.12. The first-order valence-electron chi connectivity index (χ1n) is 9.45. The van der Waals surface area contributed by atoms with Crippen molar-refractivity contribution in [3.05, 3.63) is 101 Å². The van der Waals surface area contributed by atoms with Crippen LogP contribution in [0.15, 0.2) is 78.9 Å². The van der Waals surface area contributed by atoms with Gasteiger partial charge in [0.05, 0.1) is 17.3 Å². The van der Waals surface area contributed by atoms with Gasteiger partial charge in [0.15, 0.2) is 5.78 Å². The first-order chi connectivity index (χ1) is 15.1. The van der Waals surface area contributed by atoms with Crippen LogP contribution in [0.25, 0.3) is 0 Å². The summed E-state index contributed by atoms with van der Waals surface area (Å²) in [5.41, 5.74) is 2.29.